The van der Waals surface area contributed by atoms with Crippen LogP contribution in [0.1, 0.15) is 38.5 Å². The standard InChI is InChI=1S/C12H25N3O2/c1-15(9-10-7-11(16)8-10)6-4-2-3-5-12(17)14-13/h10-11,16H,2-9,13H2,1H3,(H,14,17). The van der Waals surface area contributed by atoms with Crippen LogP contribution in [0.5, 0.6) is 0 Å². The molecule has 0 saturated heterocycles. The lowest BCUT2D eigenvalue weighted by molar-refractivity contribution is -0.121. The first-order valence-electron chi connectivity index (χ1n) is 6.48. The van der Waals surface area contributed by atoms with Crippen LogP contribution in [0.3, 0.4) is 0 Å². The van der Waals surface area contributed by atoms with Crippen molar-refractivity contribution < 1.29 is 9.90 Å². The number of rotatable bonds is 8. The van der Waals surface area contributed by atoms with Crippen molar-refractivity contribution in [2.24, 2.45) is 11.8 Å². The summed E-state index contributed by atoms with van der Waals surface area (Å²) in [4.78, 5) is 13.2. The van der Waals surface area contributed by atoms with Crippen molar-refractivity contribution in [2.75, 3.05) is 20.1 Å². The average molecular weight is 243 g/mol. The summed E-state index contributed by atoms with van der Waals surface area (Å²) >= 11 is 0. The molecular formula is C12H25N3O2. The number of hydrogen-bond donors (Lipinski definition) is 3. The summed E-state index contributed by atoms with van der Waals surface area (Å²) in [6.45, 7) is 2.15. The fraction of sp³-hybridized carbons (Fsp3) is 0.917. The molecule has 1 aliphatic carbocycles. The van der Waals surface area contributed by atoms with Crippen LogP contribution < -0.4 is 11.3 Å². The highest BCUT2D eigenvalue weighted by molar-refractivity contribution is 5.74. The van der Waals surface area contributed by atoms with E-state index in [0.717, 1.165) is 45.2 Å². The second-order valence-electron chi connectivity index (χ2n) is 5.13. The number of carbonyl (C=O) groups excluding carboxylic acids is 1. The Balaban J connectivity index is 1.90. The summed E-state index contributed by atoms with van der Waals surface area (Å²) in [7, 11) is 2.12. The number of nitrogens with two attached hydrogens (primary N) is 1. The normalized spacial score (nSPS) is 23.5. The van der Waals surface area contributed by atoms with Gasteiger partial charge in [-0.15, -0.1) is 0 Å². The monoisotopic (exact) mass is 243 g/mol. The number of aliphatic hydroxyl groups excluding tert-OH is 1. The first kappa shape index (κ1) is 14.4. The van der Waals surface area contributed by atoms with Crippen molar-refractivity contribution in [2.45, 2.75) is 44.6 Å². The van der Waals surface area contributed by atoms with Gasteiger partial charge in [0.15, 0.2) is 0 Å². The minimum atomic E-state index is -0.0817. The summed E-state index contributed by atoms with van der Waals surface area (Å²) in [6, 6.07) is 0. The van der Waals surface area contributed by atoms with E-state index in [2.05, 4.69) is 17.4 Å². The van der Waals surface area contributed by atoms with Crippen LogP contribution in [0.15, 0.2) is 0 Å². The predicted molar refractivity (Wildman–Crippen MR) is 67.0 cm³/mol. The number of unbranched alkanes of at least 4 members (excludes halogenated alkanes) is 2. The molecule has 5 nitrogen and oxygen atoms in total. The van der Waals surface area contributed by atoms with Gasteiger partial charge in [-0.05, 0) is 45.2 Å². The first-order valence-corrected chi connectivity index (χ1v) is 6.48. The molecule has 0 aromatic rings. The molecule has 0 atom stereocenters. The average Bonchev–Trinajstić information content (AvgIpc) is 2.26. The van der Waals surface area contributed by atoms with Gasteiger partial charge in [-0.2, -0.15) is 0 Å². The van der Waals surface area contributed by atoms with Gasteiger partial charge in [-0.3, -0.25) is 10.2 Å². The molecule has 0 radical (unpaired) electrons. The van der Waals surface area contributed by atoms with Gasteiger partial charge in [-0.25, -0.2) is 5.84 Å². The number of hydrazine groups is 1. The van der Waals surface area contributed by atoms with Gasteiger partial charge in [0, 0.05) is 13.0 Å². The van der Waals surface area contributed by atoms with Crippen LogP contribution in [0.2, 0.25) is 0 Å². The van der Waals surface area contributed by atoms with Gasteiger partial charge in [0.1, 0.15) is 0 Å². The lowest BCUT2D eigenvalue weighted by atomic mass is 9.82. The molecule has 0 unspecified atom stereocenters. The van der Waals surface area contributed by atoms with Gasteiger partial charge in [0.2, 0.25) is 5.91 Å². The molecule has 1 saturated carbocycles. The lowest BCUT2D eigenvalue weighted by Crippen LogP contribution is -2.37. The molecule has 1 amide bonds. The largest absolute Gasteiger partial charge is 0.393 e. The van der Waals surface area contributed by atoms with Gasteiger partial charge in [-0.1, -0.05) is 6.42 Å². The molecule has 0 aliphatic heterocycles. The number of nitrogens with one attached hydrogen (secondary N) is 1. The molecule has 0 spiro atoms. The highest BCUT2D eigenvalue weighted by Gasteiger charge is 2.27. The van der Waals surface area contributed by atoms with Crippen molar-refractivity contribution in [3.8, 4) is 0 Å². The van der Waals surface area contributed by atoms with E-state index in [0.29, 0.717) is 12.3 Å². The van der Waals surface area contributed by atoms with Crippen LogP contribution in [0.4, 0.5) is 0 Å². The third kappa shape index (κ3) is 6.00. The van der Waals surface area contributed by atoms with Crippen molar-refractivity contribution >= 4 is 5.91 Å². The summed E-state index contributed by atoms with van der Waals surface area (Å²) in [5, 5.41) is 9.19. The van der Waals surface area contributed by atoms with Crippen LogP contribution in [0, 0.1) is 5.92 Å². The highest BCUT2D eigenvalue weighted by atomic mass is 16.3. The van der Waals surface area contributed by atoms with Gasteiger partial charge in [0.05, 0.1) is 6.10 Å². The molecule has 0 heterocycles. The summed E-state index contributed by atoms with van der Waals surface area (Å²) in [5.41, 5.74) is 2.14. The van der Waals surface area contributed by atoms with Crippen molar-refractivity contribution in [1.82, 2.24) is 10.3 Å². The Morgan fingerprint density at radius 2 is 2.12 bits per heavy atom. The maximum atomic E-state index is 10.9. The Kier molecular flexibility index (Phi) is 6.47. The number of aliphatic hydroxyl groups is 1. The van der Waals surface area contributed by atoms with E-state index >= 15 is 0 Å². The first-order chi connectivity index (χ1) is 8.11. The lowest BCUT2D eigenvalue weighted by Gasteiger charge is -2.34. The zero-order valence-electron chi connectivity index (χ0n) is 10.7. The Hall–Kier alpha value is -0.650. The molecular weight excluding hydrogens is 218 g/mol. The zero-order chi connectivity index (χ0) is 12.7. The third-order valence-electron chi connectivity index (χ3n) is 3.39. The van der Waals surface area contributed by atoms with Crippen LogP contribution in [-0.2, 0) is 4.79 Å². The molecule has 4 N–H and O–H groups in total. The molecule has 17 heavy (non-hydrogen) atoms. The Morgan fingerprint density at radius 3 is 2.71 bits per heavy atom. The smallest absolute Gasteiger partial charge is 0.233 e. The van der Waals surface area contributed by atoms with Crippen LogP contribution in [0.25, 0.3) is 0 Å². The minimum Gasteiger partial charge on any atom is -0.393 e. The van der Waals surface area contributed by atoms with Crippen molar-refractivity contribution in [3.05, 3.63) is 0 Å². The summed E-state index contributed by atoms with van der Waals surface area (Å²) in [5.74, 6) is 5.59. The fourth-order valence-corrected chi connectivity index (χ4v) is 2.30. The molecule has 1 aliphatic rings. The minimum absolute atomic E-state index is 0.0526. The second kappa shape index (κ2) is 7.63. The highest BCUT2D eigenvalue weighted by Crippen LogP contribution is 2.27. The van der Waals surface area contributed by atoms with Gasteiger partial charge in [0.25, 0.3) is 0 Å². The molecule has 0 bridgehead atoms. The fourth-order valence-electron chi connectivity index (χ4n) is 2.30. The van der Waals surface area contributed by atoms with E-state index < -0.39 is 0 Å². The molecule has 5 heteroatoms. The SMILES string of the molecule is CN(CCCCCC(=O)NN)CC1CC(O)C1. The molecule has 1 rings (SSSR count). The molecule has 100 valence electrons. The van der Waals surface area contributed by atoms with E-state index in [1.807, 2.05) is 0 Å². The third-order valence-corrected chi connectivity index (χ3v) is 3.39. The van der Waals surface area contributed by atoms with Gasteiger partial charge >= 0.3 is 0 Å². The second-order valence-corrected chi connectivity index (χ2v) is 5.13. The van der Waals surface area contributed by atoms with E-state index in [9.17, 15) is 9.90 Å². The van der Waals surface area contributed by atoms with E-state index in [4.69, 9.17) is 5.84 Å². The number of amides is 1. The van der Waals surface area contributed by atoms with Gasteiger partial charge < -0.3 is 10.0 Å². The van der Waals surface area contributed by atoms with Crippen LogP contribution >= 0.6 is 0 Å². The van der Waals surface area contributed by atoms with Crippen LogP contribution in [-0.4, -0.2) is 42.2 Å². The Bertz CT molecular complexity index is 230. The summed E-state index contributed by atoms with van der Waals surface area (Å²) in [6.07, 6.45) is 5.47. The van der Waals surface area contributed by atoms with Crippen molar-refractivity contribution in [1.29, 1.82) is 0 Å². The van der Waals surface area contributed by atoms with E-state index in [-0.39, 0.29) is 12.0 Å². The van der Waals surface area contributed by atoms with E-state index in [1.54, 1.807) is 0 Å². The maximum absolute atomic E-state index is 10.9. The Morgan fingerprint density at radius 1 is 1.41 bits per heavy atom. The number of nitrogens with zero attached hydrogens (tertiary/aromatic N) is 1. The quantitative estimate of drug-likeness (QED) is 0.247. The predicted octanol–water partition coefficient (Wildman–Crippen LogP) is 0.239. The molecule has 0 aromatic carbocycles. The summed E-state index contributed by atoms with van der Waals surface area (Å²) < 4.78 is 0. The zero-order valence-corrected chi connectivity index (χ0v) is 10.7. The molecule has 0 aromatic heterocycles. The topological polar surface area (TPSA) is 78.6 Å². The number of carbonyl (C=O) groups is 1. The Labute approximate surface area is 103 Å². The molecule has 1 fully saturated rings. The van der Waals surface area contributed by atoms with Crippen molar-refractivity contribution in [3.63, 3.8) is 0 Å². The maximum Gasteiger partial charge on any atom is 0.233 e. The van der Waals surface area contributed by atoms with E-state index in [1.165, 1.54) is 0 Å². The number of hydrogen-bond acceptors (Lipinski definition) is 4.